The minimum atomic E-state index is -0.951. The summed E-state index contributed by atoms with van der Waals surface area (Å²) in [7, 11) is 0. The first-order valence-electron chi connectivity index (χ1n) is 7.78. The van der Waals surface area contributed by atoms with Crippen LogP contribution in [0.3, 0.4) is 0 Å². The lowest BCUT2D eigenvalue weighted by molar-refractivity contribution is 0.0688. The van der Waals surface area contributed by atoms with Gasteiger partial charge in [0.2, 0.25) is 0 Å². The molecule has 0 saturated carbocycles. The molecule has 0 aliphatic carbocycles. The van der Waals surface area contributed by atoms with Crippen LogP contribution in [-0.2, 0) is 13.0 Å². The zero-order valence-corrected chi connectivity index (χ0v) is 13.8. The molecule has 1 N–H and O–H groups in total. The van der Waals surface area contributed by atoms with Crippen molar-refractivity contribution < 1.29 is 9.90 Å². The molecular formula is C18H24N2O2. The van der Waals surface area contributed by atoms with Gasteiger partial charge in [-0.25, -0.2) is 4.79 Å². The van der Waals surface area contributed by atoms with Crippen molar-refractivity contribution in [1.29, 1.82) is 0 Å². The number of carboxylic acids is 1. The maximum absolute atomic E-state index is 11.4. The summed E-state index contributed by atoms with van der Waals surface area (Å²) in [6.45, 7) is 9.12. The molecule has 22 heavy (non-hydrogen) atoms. The summed E-state index contributed by atoms with van der Waals surface area (Å²) < 4.78 is 1.77. The van der Waals surface area contributed by atoms with Crippen LogP contribution in [0.25, 0.3) is 0 Å². The Bertz CT molecular complexity index is 663. The Hall–Kier alpha value is -2.10. The van der Waals surface area contributed by atoms with Crippen LogP contribution in [-0.4, -0.2) is 20.9 Å². The van der Waals surface area contributed by atoms with Gasteiger partial charge in [-0.15, -0.1) is 0 Å². The minimum absolute atomic E-state index is 0.176. The number of aromatic carboxylic acids is 1. The number of carboxylic acid groups (broad SMARTS) is 1. The van der Waals surface area contributed by atoms with Gasteiger partial charge in [-0.3, -0.25) is 4.68 Å². The zero-order valence-electron chi connectivity index (χ0n) is 13.8. The summed E-state index contributed by atoms with van der Waals surface area (Å²) >= 11 is 0. The van der Waals surface area contributed by atoms with E-state index < -0.39 is 5.97 Å². The maximum Gasteiger partial charge on any atom is 0.356 e. The second kappa shape index (κ2) is 6.77. The van der Waals surface area contributed by atoms with Gasteiger partial charge < -0.3 is 5.11 Å². The average molecular weight is 300 g/mol. The Morgan fingerprint density at radius 2 is 1.86 bits per heavy atom. The molecule has 0 atom stereocenters. The molecule has 0 aliphatic heterocycles. The molecule has 0 bridgehead atoms. The second-order valence-electron chi connectivity index (χ2n) is 5.98. The Labute approximate surface area is 131 Å². The van der Waals surface area contributed by atoms with Crippen LogP contribution in [0.5, 0.6) is 0 Å². The Balaban J connectivity index is 2.36. The molecule has 0 amide bonds. The number of hydrogen-bond donors (Lipinski definition) is 1. The number of aromatic nitrogens is 2. The highest BCUT2D eigenvalue weighted by Gasteiger charge is 2.17. The number of benzene rings is 1. The molecule has 0 fully saturated rings. The number of carbonyl (C=O) groups is 1. The Kier molecular flexibility index (Phi) is 5.01. The third kappa shape index (κ3) is 3.56. The van der Waals surface area contributed by atoms with Crippen molar-refractivity contribution in [3.05, 3.63) is 51.8 Å². The first-order valence-corrected chi connectivity index (χ1v) is 7.78. The van der Waals surface area contributed by atoms with Crippen LogP contribution in [0.1, 0.15) is 58.1 Å². The molecule has 2 aromatic rings. The lowest BCUT2D eigenvalue weighted by Gasteiger charge is -2.10. The molecule has 0 saturated heterocycles. The first-order chi connectivity index (χ1) is 10.4. The Morgan fingerprint density at radius 1 is 1.23 bits per heavy atom. The van der Waals surface area contributed by atoms with Gasteiger partial charge in [-0.05, 0) is 43.9 Å². The van der Waals surface area contributed by atoms with Crippen LogP contribution in [0.2, 0.25) is 0 Å². The summed E-state index contributed by atoms with van der Waals surface area (Å²) in [5.41, 5.74) is 5.80. The van der Waals surface area contributed by atoms with Crippen molar-refractivity contribution in [2.24, 2.45) is 0 Å². The van der Waals surface area contributed by atoms with Crippen molar-refractivity contribution in [3.8, 4) is 0 Å². The van der Waals surface area contributed by atoms with Crippen LogP contribution in [0, 0.1) is 20.8 Å². The molecule has 118 valence electrons. The third-order valence-corrected chi connectivity index (χ3v) is 3.99. The van der Waals surface area contributed by atoms with Gasteiger partial charge in [0.05, 0.1) is 0 Å². The number of unbranched alkanes of at least 4 members (excludes halogenated alkanes) is 1. The first kappa shape index (κ1) is 16.3. The summed E-state index contributed by atoms with van der Waals surface area (Å²) in [4.78, 5) is 11.4. The van der Waals surface area contributed by atoms with Crippen LogP contribution < -0.4 is 0 Å². The van der Waals surface area contributed by atoms with E-state index in [4.69, 9.17) is 0 Å². The van der Waals surface area contributed by atoms with Crippen molar-refractivity contribution in [3.63, 3.8) is 0 Å². The number of hydrogen-bond acceptors (Lipinski definition) is 2. The van der Waals surface area contributed by atoms with Crippen LogP contribution in [0.15, 0.2) is 18.3 Å². The van der Waals surface area contributed by atoms with E-state index in [0.717, 1.165) is 24.9 Å². The van der Waals surface area contributed by atoms with Crippen molar-refractivity contribution in [2.45, 2.75) is 53.5 Å². The van der Waals surface area contributed by atoms with E-state index in [1.165, 1.54) is 22.3 Å². The van der Waals surface area contributed by atoms with E-state index in [-0.39, 0.29) is 5.69 Å². The maximum atomic E-state index is 11.4. The predicted octanol–water partition coefficient (Wildman–Crippen LogP) is 3.90. The minimum Gasteiger partial charge on any atom is -0.476 e. The van der Waals surface area contributed by atoms with Crippen molar-refractivity contribution in [2.75, 3.05) is 0 Å². The Morgan fingerprint density at radius 3 is 2.41 bits per heavy atom. The van der Waals surface area contributed by atoms with Gasteiger partial charge in [0.15, 0.2) is 5.69 Å². The fourth-order valence-corrected chi connectivity index (χ4v) is 2.89. The van der Waals surface area contributed by atoms with Crippen LogP contribution >= 0.6 is 0 Å². The smallest absolute Gasteiger partial charge is 0.356 e. The van der Waals surface area contributed by atoms with Crippen molar-refractivity contribution in [1.82, 2.24) is 9.78 Å². The number of nitrogens with zero attached hydrogens (tertiary/aromatic N) is 2. The topological polar surface area (TPSA) is 55.1 Å². The molecule has 1 aromatic carbocycles. The van der Waals surface area contributed by atoms with Crippen molar-refractivity contribution >= 4 is 5.97 Å². The van der Waals surface area contributed by atoms with E-state index in [1.807, 2.05) is 6.20 Å². The normalized spacial score (nSPS) is 10.9. The van der Waals surface area contributed by atoms with Gasteiger partial charge in [-0.2, -0.15) is 5.10 Å². The molecule has 4 nitrogen and oxygen atoms in total. The molecule has 1 aromatic heterocycles. The van der Waals surface area contributed by atoms with Gasteiger partial charge >= 0.3 is 5.97 Å². The molecule has 0 spiro atoms. The van der Waals surface area contributed by atoms with Gasteiger partial charge in [-0.1, -0.05) is 31.0 Å². The largest absolute Gasteiger partial charge is 0.476 e. The molecule has 2 rings (SSSR count). The van der Waals surface area contributed by atoms with E-state index in [0.29, 0.717) is 6.42 Å². The highest BCUT2D eigenvalue weighted by Crippen LogP contribution is 2.22. The lowest BCUT2D eigenvalue weighted by atomic mass is 9.94. The summed E-state index contributed by atoms with van der Waals surface area (Å²) in [6.07, 6.45) is 4.57. The molecule has 4 heteroatoms. The highest BCUT2D eigenvalue weighted by molar-refractivity contribution is 5.87. The predicted molar refractivity (Wildman–Crippen MR) is 87.6 cm³/mol. The van der Waals surface area contributed by atoms with Gasteiger partial charge in [0.25, 0.3) is 0 Å². The molecule has 1 heterocycles. The van der Waals surface area contributed by atoms with E-state index in [2.05, 4.69) is 44.9 Å². The van der Waals surface area contributed by atoms with E-state index in [1.54, 1.807) is 4.68 Å². The fourth-order valence-electron chi connectivity index (χ4n) is 2.89. The summed E-state index contributed by atoms with van der Waals surface area (Å²) in [6, 6.07) is 4.29. The lowest BCUT2D eigenvalue weighted by Crippen LogP contribution is -2.05. The number of aryl methyl sites for hydroxylation is 4. The summed E-state index contributed by atoms with van der Waals surface area (Å²) in [5.74, 6) is -0.951. The van der Waals surface area contributed by atoms with Gasteiger partial charge in [0, 0.05) is 24.7 Å². The molecular weight excluding hydrogens is 276 g/mol. The van der Waals surface area contributed by atoms with E-state index in [9.17, 15) is 9.90 Å². The van der Waals surface area contributed by atoms with Gasteiger partial charge in [0.1, 0.15) is 0 Å². The third-order valence-electron chi connectivity index (χ3n) is 3.99. The molecule has 0 aliphatic rings. The zero-order chi connectivity index (χ0) is 16.3. The SMILES string of the molecule is CCCCn1cc(Cc2c(C)cc(C)cc2C)c(C(=O)O)n1. The summed E-state index contributed by atoms with van der Waals surface area (Å²) in [5, 5.41) is 13.6. The van der Waals surface area contributed by atoms with Crippen LogP contribution in [0.4, 0.5) is 0 Å². The van der Waals surface area contributed by atoms with E-state index >= 15 is 0 Å². The quantitative estimate of drug-likeness (QED) is 0.880. The molecule has 0 radical (unpaired) electrons. The fraction of sp³-hybridized carbons (Fsp3) is 0.444. The average Bonchev–Trinajstić information content (AvgIpc) is 2.83. The monoisotopic (exact) mass is 300 g/mol. The highest BCUT2D eigenvalue weighted by atomic mass is 16.4. The standard InChI is InChI=1S/C18H24N2O2/c1-5-6-7-20-11-15(17(19-20)18(21)22)10-16-13(3)8-12(2)9-14(16)4/h8-9,11H,5-7,10H2,1-4H3,(H,21,22). The second-order valence-corrected chi connectivity index (χ2v) is 5.98. The molecule has 0 unspecified atom stereocenters. The number of rotatable bonds is 6.